The van der Waals surface area contributed by atoms with E-state index in [0.29, 0.717) is 5.56 Å². The Balaban J connectivity index is 2.03. The van der Waals surface area contributed by atoms with E-state index >= 15 is 0 Å². The lowest BCUT2D eigenvalue weighted by Gasteiger charge is -2.15. The lowest BCUT2D eigenvalue weighted by Crippen LogP contribution is -2.28. The van der Waals surface area contributed by atoms with Gasteiger partial charge in [-0.3, -0.25) is 14.9 Å². The molecule has 23 heavy (non-hydrogen) atoms. The Morgan fingerprint density at radius 1 is 1.22 bits per heavy atom. The van der Waals surface area contributed by atoms with Gasteiger partial charge in [-0.1, -0.05) is 30.3 Å². The van der Waals surface area contributed by atoms with E-state index in [-0.39, 0.29) is 24.1 Å². The number of carbonyl (C=O) groups excluding carboxylic acids is 1. The molecule has 0 aromatic heterocycles. The molecule has 1 amide bonds. The molecule has 2 aromatic carbocycles. The van der Waals surface area contributed by atoms with Gasteiger partial charge in [0.25, 0.3) is 5.69 Å². The molecule has 6 heteroatoms. The van der Waals surface area contributed by atoms with Gasteiger partial charge in [0.1, 0.15) is 5.75 Å². The molecule has 6 nitrogen and oxygen atoms in total. The van der Waals surface area contributed by atoms with Gasteiger partial charge in [0.15, 0.2) is 0 Å². The van der Waals surface area contributed by atoms with E-state index in [2.05, 4.69) is 5.32 Å². The second kappa shape index (κ2) is 7.40. The average molecular weight is 314 g/mol. The molecular weight excluding hydrogens is 296 g/mol. The summed E-state index contributed by atoms with van der Waals surface area (Å²) in [4.78, 5) is 22.6. The molecule has 2 rings (SSSR count). The molecule has 0 heterocycles. The van der Waals surface area contributed by atoms with Crippen molar-refractivity contribution in [3.8, 4) is 5.75 Å². The second-order valence-corrected chi connectivity index (χ2v) is 5.12. The van der Waals surface area contributed by atoms with Crippen LogP contribution in [0.25, 0.3) is 0 Å². The van der Waals surface area contributed by atoms with Gasteiger partial charge in [-0.15, -0.1) is 0 Å². The number of amides is 1. The van der Waals surface area contributed by atoms with E-state index in [0.717, 1.165) is 11.3 Å². The highest BCUT2D eigenvalue weighted by Gasteiger charge is 2.17. The molecule has 0 aliphatic heterocycles. The molecule has 0 saturated heterocycles. The highest BCUT2D eigenvalue weighted by Crippen LogP contribution is 2.20. The van der Waals surface area contributed by atoms with Gasteiger partial charge in [0.05, 0.1) is 24.5 Å². The smallest absolute Gasteiger partial charge is 0.273 e. The van der Waals surface area contributed by atoms with Gasteiger partial charge in [0, 0.05) is 11.6 Å². The molecular formula is C17H18N2O4. The highest BCUT2D eigenvalue weighted by atomic mass is 16.6. The first-order chi connectivity index (χ1) is 11.0. The van der Waals surface area contributed by atoms with Crippen LogP contribution in [0, 0.1) is 10.1 Å². The summed E-state index contributed by atoms with van der Waals surface area (Å²) in [5.41, 5.74) is 1.29. The van der Waals surface area contributed by atoms with Gasteiger partial charge in [0.2, 0.25) is 5.91 Å². The molecule has 0 unspecified atom stereocenters. The van der Waals surface area contributed by atoms with Crippen molar-refractivity contribution in [2.75, 3.05) is 7.11 Å². The first kappa shape index (κ1) is 16.5. The van der Waals surface area contributed by atoms with Crippen LogP contribution in [0.4, 0.5) is 5.69 Å². The zero-order chi connectivity index (χ0) is 16.8. The minimum atomic E-state index is -0.477. The largest absolute Gasteiger partial charge is 0.497 e. The van der Waals surface area contributed by atoms with Crippen molar-refractivity contribution in [1.82, 2.24) is 5.32 Å². The van der Waals surface area contributed by atoms with Crippen molar-refractivity contribution < 1.29 is 14.5 Å². The normalized spacial score (nSPS) is 11.6. The second-order valence-electron chi connectivity index (χ2n) is 5.12. The van der Waals surface area contributed by atoms with Gasteiger partial charge >= 0.3 is 0 Å². The standard InChI is InChI=1S/C17H18N2O4/c1-12(13-7-9-15(23-2)10-8-13)18-17(20)11-14-5-3-4-6-16(14)19(21)22/h3-10,12H,11H2,1-2H3,(H,18,20)/t12-/m1/s1. The Labute approximate surface area is 134 Å². The van der Waals surface area contributed by atoms with Crippen LogP contribution in [0.5, 0.6) is 5.75 Å². The molecule has 0 aliphatic rings. The van der Waals surface area contributed by atoms with Crippen LogP contribution in [-0.4, -0.2) is 17.9 Å². The average Bonchev–Trinajstić information content (AvgIpc) is 2.55. The van der Waals surface area contributed by atoms with Crippen LogP contribution in [0.2, 0.25) is 0 Å². The minimum Gasteiger partial charge on any atom is -0.497 e. The van der Waals surface area contributed by atoms with Gasteiger partial charge in [-0.05, 0) is 24.6 Å². The highest BCUT2D eigenvalue weighted by molar-refractivity contribution is 5.80. The van der Waals surface area contributed by atoms with E-state index < -0.39 is 4.92 Å². The zero-order valence-corrected chi connectivity index (χ0v) is 13.0. The number of ether oxygens (including phenoxy) is 1. The first-order valence-corrected chi connectivity index (χ1v) is 7.17. The van der Waals surface area contributed by atoms with Gasteiger partial charge < -0.3 is 10.1 Å². The Morgan fingerprint density at radius 3 is 2.48 bits per heavy atom. The number of nitrogens with one attached hydrogen (secondary N) is 1. The number of rotatable bonds is 6. The van der Waals surface area contributed by atoms with E-state index in [9.17, 15) is 14.9 Å². The summed E-state index contributed by atoms with van der Waals surface area (Å²) in [6.07, 6.45) is -0.0301. The Kier molecular flexibility index (Phi) is 5.30. The summed E-state index contributed by atoms with van der Waals surface area (Å²) >= 11 is 0. The molecule has 1 N–H and O–H groups in total. The third-order valence-electron chi connectivity index (χ3n) is 3.53. The number of nitro groups is 1. The quantitative estimate of drug-likeness (QED) is 0.656. The molecule has 0 fully saturated rings. The Morgan fingerprint density at radius 2 is 1.87 bits per heavy atom. The van der Waals surface area contributed by atoms with Crippen molar-refractivity contribution >= 4 is 11.6 Å². The number of methoxy groups -OCH3 is 1. The van der Waals surface area contributed by atoms with Crippen LogP contribution >= 0.6 is 0 Å². The predicted molar refractivity (Wildman–Crippen MR) is 86.4 cm³/mol. The number of para-hydroxylation sites is 1. The molecule has 1 atom stereocenters. The maximum atomic E-state index is 12.1. The van der Waals surface area contributed by atoms with Crippen LogP contribution in [0.1, 0.15) is 24.1 Å². The summed E-state index contributed by atoms with van der Waals surface area (Å²) < 4.78 is 5.09. The van der Waals surface area contributed by atoms with Crippen molar-refractivity contribution in [2.45, 2.75) is 19.4 Å². The summed E-state index contributed by atoms with van der Waals surface area (Å²) in [5, 5.41) is 13.8. The molecule has 0 radical (unpaired) electrons. The summed E-state index contributed by atoms with van der Waals surface area (Å²) in [7, 11) is 1.59. The first-order valence-electron chi connectivity index (χ1n) is 7.17. The van der Waals surface area contributed by atoms with E-state index in [1.807, 2.05) is 31.2 Å². The van der Waals surface area contributed by atoms with Crippen LogP contribution in [0.3, 0.4) is 0 Å². The molecule has 0 spiro atoms. The number of hydrogen-bond acceptors (Lipinski definition) is 4. The van der Waals surface area contributed by atoms with Crippen LogP contribution in [-0.2, 0) is 11.2 Å². The van der Waals surface area contributed by atoms with Crippen LogP contribution < -0.4 is 10.1 Å². The number of nitrogens with zero attached hydrogens (tertiary/aromatic N) is 1. The fourth-order valence-electron chi connectivity index (χ4n) is 2.28. The number of hydrogen-bond donors (Lipinski definition) is 1. The minimum absolute atomic E-state index is 0.0301. The van der Waals surface area contributed by atoms with Gasteiger partial charge in [-0.2, -0.15) is 0 Å². The molecule has 0 aliphatic carbocycles. The number of benzene rings is 2. The maximum absolute atomic E-state index is 12.1. The Hall–Kier alpha value is -2.89. The van der Waals surface area contributed by atoms with E-state index in [1.165, 1.54) is 6.07 Å². The number of nitro benzene ring substituents is 1. The topological polar surface area (TPSA) is 81.5 Å². The van der Waals surface area contributed by atoms with E-state index in [1.54, 1.807) is 25.3 Å². The molecule has 120 valence electrons. The monoisotopic (exact) mass is 314 g/mol. The lowest BCUT2D eigenvalue weighted by molar-refractivity contribution is -0.385. The summed E-state index contributed by atoms with van der Waals surface area (Å²) in [6, 6.07) is 13.4. The molecule has 0 bridgehead atoms. The Bertz CT molecular complexity index is 698. The van der Waals surface area contributed by atoms with Crippen molar-refractivity contribution in [3.63, 3.8) is 0 Å². The fraction of sp³-hybridized carbons (Fsp3) is 0.235. The van der Waals surface area contributed by atoms with Crippen molar-refractivity contribution in [2.24, 2.45) is 0 Å². The maximum Gasteiger partial charge on any atom is 0.273 e. The molecule has 2 aromatic rings. The van der Waals surface area contributed by atoms with Crippen LogP contribution in [0.15, 0.2) is 48.5 Å². The van der Waals surface area contributed by atoms with Crippen molar-refractivity contribution in [1.29, 1.82) is 0 Å². The third kappa shape index (κ3) is 4.29. The van der Waals surface area contributed by atoms with Gasteiger partial charge in [-0.25, -0.2) is 0 Å². The van der Waals surface area contributed by atoms with Crippen molar-refractivity contribution in [3.05, 3.63) is 69.8 Å². The zero-order valence-electron chi connectivity index (χ0n) is 13.0. The summed E-state index contributed by atoms with van der Waals surface area (Å²) in [6.45, 7) is 1.86. The lowest BCUT2D eigenvalue weighted by atomic mass is 10.1. The van der Waals surface area contributed by atoms with E-state index in [4.69, 9.17) is 4.74 Å². The SMILES string of the molecule is COc1ccc([C@@H](C)NC(=O)Cc2ccccc2[N+](=O)[O-])cc1. The number of carbonyl (C=O) groups is 1. The fourth-order valence-corrected chi connectivity index (χ4v) is 2.28. The summed E-state index contributed by atoms with van der Waals surface area (Å²) in [5.74, 6) is 0.481. The third-order valence-corrected chi connectivity index (χ3v) is 3.53. The molecule has 0 saturated carbocycles. The predicted octanol–water partition coefficient (Wildman–Crippen LogP) is 3.02.